The van der Waals surface area contributed by atoms with Gasteiger partial charge in [0.15, 0.2) is 0 Å². The fourth-order valence-electron chi connectivity index (χ4n) is 3.49. The second-order valence-corrected chi connectivity index (χ2v) is 10.0. The number of rotatable bonds is 8. The highest BCUT2D eigenvalue weighted by atomic mass is 35.5. The number of pyridine rings is 1. The van der Waals surface area contributed by atoms with Crippen molar-refractivity contribution in [3.63, 3.8) is 0 Å². The van der Waals surface area contributed by atoms with E-state index in [-0.39, 0.29) is 55.1 Å². The van der Waals surface area contributed by atoms with Gasteiger partial charge in [0.2, 0.25) is 10.0 Å². The maximum Gasteiger partial charge on any atom is 0.270 e. The van der Waals surface area contributed by atoms with E-state index in [0.717, 1.165) is 5.56 Å². The van der Waals surface area contributed by atoms with E-state index in [1.54, 1.807) is 31.2 Å². The van der Waals surface area contributed by atoms with Crippen LogP contribution < -0.4 is 15.6 Å². The van der Waals surface area contributed by atoms with Crippen LogP contribution in [-0.4, -0.2) is 55.1 Å². The van der Waals surface area contributed by atoms with Gasteiger partial charge in [-0.2, -0.15) is 0 Å². The van der Waals surface area contributed by atoms with Crippen molar-refractivity contribution >= 4 is 33.4 Å². The molecule has 0 spiro atoms. The number of carbonyl (C=O) groups is 2. The molecule has 1 aromatic carbocycles. The highest BCUT2D eigenvalue weighted by molar-refractivity contribution is 7.89. The summed E-state index contributed by atoms with van der Waals surface area (Å²) in [6, 6.07) is 9.41. The number of hydrogen-bond acceptors (Lipinski definition) is 5. The van der Waals surface area contributed by atoms with E-state index >= 15 is 0 Å². The topological polar surface area (TPSA) is 118 Å². The molecule has 9 nitrogen and oxygen atoms in total. The average molecular weight is 481 g/mol. The number of benzene rings is 1. The minimum atomic E-state index is -3.36. The number of amides is 2. The molecule has 1 aliphatic heterocycles. The monoisotopic (exact) mass is 480 g/mol. The summed E-state index contributed by atoms with van der Waals surface area (Å²) in [5.74, 6) is -0.960. The summed E-state index contributed by atoms with van der Waals surface area (Å²) >= 11 is 5.86. The maximum atomic E-state index is 13.0. The average Bonchev–Trinajstić information content (AvgIpc) is 2.76. The van der Waals surface area contributed by atoms with Gasteiger partial charge in [0.05, 0.1) is 11.8 Å². The zero-order valence-corrected chi connectivity index (χ0v) is 19.4. The summed E-state index contributed by atoms with van der Waals surface area (Å²) in [4.78, 5) is 39.9. The van der Waals surface area contributed by atoms with Crippen molar-refractivity contribution in [3.8, 4) is 0 Å². The second-order valence-electron chi connectivity index (χ2n) is 7.51. The highest BCUT2D eigenvalue weighted by Gasteiger charge is 2.31. The minimum Gasteiger partial charge on any atom is -0.348 e. The van der Waals surface area contributed by atoms with Crippen molar-refractivity contribution in [1.29, 1.82) is 0 Å². The van der Waals surface area contributed by atoms with Crippen LogP contribution in [0.5, 0.6) is 0 Å². The van der Waals surface area contributed by atoms with Crippen LogP contribution >= 0.6 is 11.6 Å². The fourth-order valence-corrected chi connectivity index (χ4v) is 4.23. The van der Waals surface area contributed by atoms with Gasteiger partial charge in [0, 0.05) is 31.2 Å². The number of carbonyl (C=O) groups excluding carboxylic acids is 2. The number of hydrogen-bond donors (Lipinski definition) is 2. The third-order valence-corrected chi connectivity index (χ3v) is 6.90. The van der Waals surface area contributed by atoms with E-state index in [0.29, 0.717) is 5.02 Å². The van der Waals surface area contributed by atoms with Gasteiger partial charge in [-0.3, -0.25) is 19.0 Å². The van der Waals surface area contributed by atoms with Gasteiger partial charge in [-0.1, -0.05) is 23.7 Å². The Morgan fingerprint density at radius 2 is 1.84 bits per heavy atom. The quantitative estimate of drug-likeness (QED) is 0.592. The molecule has 1 aromatic heterocycles. The van der Waals surface area contributed by atoms with Crippen molar-refractivity contribution in [2.75, 3.05) is 25.4 Å². The summed E-state index contributed by atoms with van der Waals surface area (Å²) in [7, 11) is -3.36. The van der Waals surface area contributed by atoms with Crippen LogP contribution in [0.15, 0.2) is 41.2 Å². The first-order valence-electron chi connectivity index (χ1n) is 10.2. The molecule has 3 rings (SSSR count). The van der Waals surface area contributed by atoms with E-state index in [1.807, 2.05) is 0 Å². The van der Waals surface area contributed by atoms with Gasteiger partial charge in [-0.05, 0) is 43.7 Å². The Balaban J connectivity index is 1.73. The molecule has 32 heavy (non-hydrogen) atoms. The van der Waals surface area contributed by atoms with Crippen molar-refractivity contribution < 1.29 is 18.0 Å². The van der Waals surface area contributed by atoms with E-state index < -0.39 is 21.5 Å². The van der Waals surface area contributed by atoms with E-state index in [2.05, 4.69) is 10.0 Å². The van der Waals surface area contributed by atoms with Crippen molar-refractivity contribution in [1.82, 2.24) is 19.5 Å². The van der Waals surface area contributed by atoms with Crippen LogP contribution in [0, 0.1) is 0 Å². The van der Waals surface area contributed by atoms with Gasteiger partial charge in [-0.15, -0.1) is 0 Å². The molecule has 0 aliphatic carbocycles. The Hall–Kier alpha value is -2.69. The van der Waals surface area contributed by atoms with Gasteiger partial charge >= 0.3 is 0 Å². The molecule has 1 aliphatic rings. The lowest BCUT2D eigenvalue weighted by Crippen LogP contribution is -2.49. The van der Waals surface area contributed by atoms with Crippen LogP contribution in [0.25, 0.3) is 0 Å². The zero-order valence-electron chi connectivity index (χ0n) is 17.8. The standard InChI is InChI=1S/C21H25ClN4O5S/c1-3-32(30,31)24-10-11-25-13-14(2)26-18(21(25)29)9-8-17(20(26)28)19(27)23-12-15-4-6-16(22)7-5-15/h4-9,14,24H,3,10-13H2,1-2H3,(H,23,27). The smallest absolute Gasteiger partial charge is 0.270 e. The number of halogens is 1. The molecule has 2 heterocycles. The molecular formula is C21H25ClN4O5S. The Bertz CT molecular complexity index is 1180. The van der Waals surface area contributed by atoms with Gasteiger partial charge in [0.25, 0.3) is 17.4 Å². The molecule has 172 valence electrons. The lowest BCUT2D eigenvalue weighted by Gasteiger charge is -2.34. The predicted molar refractivity (Wildman–Crippen MR) is 121 cm³/mol. The lowest BCUT2D eigenvalue weighted by molar-refractivity contribution is 0.0673. The lowest BCUT2D eigenvalue weighted by atomic mass is 10.1. The Morgan fingerprint density at radius 1 is 1.16 bits per heavy atom. The minimum absolute atomic E-state index is 0.0432. The van der Waals surface area contributed by atoms with Gasteiger partial charge < -0.3 is 10.2 Å². The highest BCUT2D eigenvalue weighted by Crippen LogP contribution is 2.19. The van der Waals surface area contributed by atoms with E-state index in [9.17, 15) is 22.8 Å². The first kappa shape index (κ1) is 24.0. The Morgan fingerprint density at radius 3 is 2.50 bits per heavy atom. The van der Waals surface area contributed by atoms with Gasteiger partial charge in [0.1, 0.15) is 11.3 Å². The number of nitrogens with zero attached hydrogens (tertiary/aromatic N) is 2. The van der Waals surface area contributed by atoms with Crippen LogP contribution in [0.2, 0.25) is 5.02 Å². The van der Waals surface area contributed by atoms with Crippen molar-refractivity contribution in [3.05, 3.63) is 68.6 Å². The first-order chi connectivity index (χ1) is 15.1. The molecule has 1 atom stereocenters. The summed E-state index contributed by atoms with van der Waals surface area (Å²) in [5.41, 5.74) is 0.412. The molecule has 2 aromatic rings. The molecule has 11 heteroatoms. The summed E-state index contributed by atoms with van der Waals surface area (Å²) < 4.78 is 26.9. The largest absolute Gasteiger partial charge is 0.348 e. The van der Waals surface area contributed by atoms with Crippen LogP contribution in [0.1, 0.15) is 46.3 Å². The predicted octanol–water partition coefficient (Wildman–Crippen LogP) is 1.39. The maximum absolute atomic E-state index is 13.0. The number of nitrogens with one attached hydrogen (secondary N) is 2. The van der Waals surface area contributed by atoms with E-state index in [1.165, 1.54) is 28.5 Å². The molecule has 1 unspecified atom stereocenters. The van der Waals surface area contributed by atoms with Gasteiger partial charge in [-0.25, -0.2) is 13.1 Å². The van der Waals surface area contributed by atoms with Crippen LogP contribution in [0.3, 0.4) is 0 Å². The van der Waals surface area contributed by atoms with Crippen LogP contribution in [-0.2, 0) is 16.6 Å². The number of fused-ring (bicyclic) bond motifs is 1. The van der Waals surface area contributed by atoms with Crippen LogP contribution in [0.4, 0.5) is 0 Å². The molecule has 0 radical (unpaired) electrons. The Kier molecular flexibility index (Phi) is 7.37. The summed E-state index contributed by atoms with van der Waals surface area (Å²) in [6.07, 6.45) is 0. The second kappa shape index (κ2) is 9.85. The third kappa shape index (κ3) is 5.37. The molecule has 2 amide bonds. The van der Waals surface area contributed by atoms with Crippen molar-refractivity contribution in [2.45, 2.75) is 26.4 Å². The third-order valence-electron chi connectivity index (χ3n) is 5.24. The fraction of sp³-hybridized carbons (Fsp3) is 0.381. The zero-order chi connectivity index (χ0) is 23.5. The SMILES string of the molecule is CCS(=O)(=O)NCCN1CC(C)n2c(ccc(C(=O)NCc3ccc(Cl)cc3)c2=O)C1=O. The first-order valence-corrected chi connectivity index (χ1v) is 12.2. The molecule has 0 saturated heterocycles. The Labute approximate surface area is 191 Å². The number of sulfonamides is 1. The molecule has 0 bridgehead atoms. The molecular weight excluding hydrogens is 456 g/mol. The summed E-state index contributed by atoms with van der Waals surface area (Å²) in [6.45, 7) is 4.03. The normalized spacial score (nSPS) is 16.0. The van der Waals surface area contributed by atoms with Crippen molar-refractivity contribution in [2.24, 2.45) is 0 Å². The molecule has 0 saturated carbocycles. The molecule has 2 N–H and O–H groups in total. The summed E-state index contributed by atoms with van der Waals surface area (Å²) in [5, 5.41) is 3.30. The molecule has 0 fully saturated rings. The number of aromatic nitrogens is 1. The van der Waals surface area contributed by atoms with E-state index in [4.69, 9.17) is 11.6 Å².